The van der Waals surface area contributed by atoms with Crippen LogP contribution in [0.1, 0.15) is 52.6 Å². The molecule has 4 aromatic carbocycles. The fraction of sp³-hybridized carbons (Fsp3) is 0.265. The highest BCUT2D eigenvalue weighted by Crippen LogP contribution is 2.30. The lowest BCUT2D eigenvalue weighted by Crippen LogP contribution is -2.43. The molecule has 0 unspecified atom stereocenters. The number of aromatic hydroxyl groups is 1. The topological polar surface area (TPSA) is 102 Å². The van der Waals surface area contributed by atoms with Crippen molar-refractivity contribution in [1.82, 2.24) is 10.6 Å². The van der Waals surface area contributed by atoms with Gasteiger partial charge in [-0.1, -0.05) is 66.4 Å². The Bertz CT molecular complexity index is 1440. The Morgan fingerprint density at radius 2 is 1.66 bits per heavy atom. The molecule has 214 valence electrons. The van der Waals surface area contributed by atoms with Gasteiger partial charge in [0.25, 0.3) is 5.91 Å². The predicted octanol–water partition coefficient (Wildman–Crippen LogP) is 5.65. The molecule has 0 saturated carbocycles. The number of rotatable bonds is 13. The third-order valence-corrected chi connectivity index (χ3v) is 8.02. The molecule has 0 aliphatic carbocycles. The van der Waals surface area contributed by atoms with Crippen LogP contribution in [0.15, 0.2) is 107 Å². The Kier molecular flexibility index (Phi) is 10.6. The molecule has 0 radical (unpaired) electrons. The van der Waals surface area contributed by atoms with E-state index in [9.17, 15) is 20.1 Å². The summed E-state index contributed by atoms with van der Waals surface area (Å²) in [6.07, 6.45) is 0.595. The van der Waals surface area contributed by atoms with Crippen LogP contribution in [0, 0.1) is 0 Å². The fourth-order valence-electron chi connectivity index (χ4n) is 4.66. The minimum absolute atomic E-state index is 0.00698. The van der Waals surface area contributed by atoms with Gasteiger partial charge in [-0.25, -0.2) is 0 Å². The molecule has 0 aromatic heterocycles. The van der Waals surface area contributed by atoms with Crippen LogP contribution in [0.5, 0.6) is 5.75 Å². The number of aliphatic hydroxyl groups is 2. The number of phenols is 1. The normalized spacial score (nSPS) is 12.2. The van der Waals surface area contributed by atoms with E-state index < -0.39 is 6.10 Å². The molecule has 4 aromatic rings. The number of carbonyl (C=O) groups is 1. The van der Waals surface area contributed by atoms with Gasteiger partial charge in [-0.05, 0) is 85.8 Å². The lowest BCUT2D eigenvalue weighted by Gasteiger charge is -2.28. The van der Waals surface area contributed by atoms with Crippen LogP contribution in [-0.4, -0.2) is 39.9 Å². The molecule has 0 aliphatic heterocycles. The lowest BCUT2D eigenvalue weighted by atomic mass is 9.93. The first-order valence-corrected chi connectivity index (χ1v) is 14.6. The van der Waals surface area contributed by atoms with Crippen LogP contribution in [0.4, 0.5) is 0 Å². The Morgan fingerprint density at radius 3 is 2.44 bits per heavy atom. The minimum Gasteiger partial charge on any atom is -0.508 e. The van der Waals surface area contributed by atoms with Gasteiger partial charge >= 0.3 is 0 Å². The zero-order valence-corrected chi connectivity index (χ0v) is 24.3. The van der Waals surface area contributed by atoms with Crippen molar-refractivity contribution in [3.05, 3.63) is 125 Å². The molecule has 0 spiro atoms. The molecule has 0 heterocycles. The van der Waals surface area contributed by atoms with Crippen molar-refractivity contribution < 1.29 is 20.1 Å². The summed E-state index contributed by atoms with van der Waals surface area (Å²) >= 11 is 1.73. The summed E-state index contributed by atoms with van der Waals surface area (Å²) in [5.74, 6) is -0.0965. The SMILES string of the molecule is CC(C)(Cc1cccc(C(=O)NCCc2ccccc2Sc2ccccc2)c1)NC[C@@H](O)c1ccc(O)c(CO)c1. The third-order valence-electron chi connectivity index (χ3n) is 6.89. The molecular formula is C34H38N2O4S. The predicted molar refractivity (Wildman–Crippen MR) is 164 cm³/mol. The Hall–Kier alpha value is -3.62. The molecule has 0 saturated heterocycles. The zero-order chi connectivity index (χ0) is 29.2. The van der Waals surface area contributed by atoms with Crippen molar-refractivity contribution in [1.29, 1.82) is 0 Å². The summed E-state index contributed by atoms with van der Waals surface area (Å²) in [5.41, 5.74) is 3.48. The largest absolute Gasteiger partial charge is 0.508 e. The van der Waals surface area contributed by atoms with Gasteiger partial charge < -0.3 is 26.0 Å². The molecule has 1 amide bonds. The van der Waals surface area contributed by atoms with Crippen LogP contribution in [0.3, 0.4) is 0 Å². The highest BCUT2D eigenvalue weighted by atomic mass is 32.2. The van der Waals surface area contributed by atoms with Crippen LogP contribution in [0.25, 0.3) is 0 Å². The summed E-state index contributed by atoms with van der Waals surface area (Å²) in [7, 11) is 0. The zero-order valence-electron chi connectivity index (χ0n) is 23.5. The number of carbonyl (C=O) groups excluding carboxylic acids is 1. The van der Waals surface area contributed by atoms with E-state index in [1.165, 1.54) is 21.4 Å². The molecule has 6 nitrogen and oxygen atoms in total. The van der Waals surface area contributed by atoms with E-state index >= 15 is 0 Å². The fourth-order valence-corrected chi connectivity index (χ4v) is 5.66. The number of nitrogens with one attached hydrogen (secondary N) is 2. The molecule has 0 fully saturated rings. The molecule has 0 aliphatic rings. The van der Waals surface area contributed by atoms with Gasteiger partial charge in [0, 0.05) is 39.5 Å². The number of amides is 1. The smallest absolute Gasteiger partial charge is 0.251 e. The van der Waals surface area contributed by atoms with Crippen molar-refractivity contribution in [2.75, 3.05) is 13.1 Å². The van der Waals surface area contributed by atoms with Crippen LogP contribution in [-0.2, 0) is 19.4 Å². The minimum atomic E-state index is -0.798. The summed E-state index contributed by atoms with van der Waals surface area (Å²) in [6, 6.07) is 30.9. The average molecular weight is 571 g/mol. The van der Waals surface area contributed by atoms with E-state index in [2.05, 4.69) is 34.9 Å². The first-order chi connectivity index (χ1) is 19.7. The van der Waals surface area contributed by atoms with E-state index in [4.69, 9.17) is 0 Å². The van der Waals surface area contributed by atoms with Gasteiger partial charge in [0.2, 0.25) is 0 Å². The monoisotopic (exact) mass is 570 g/mol. The van der Waals surface area contributed by atoms with E-state index in [-0.39, 0.29) is 23.8 Å². The van der Waals surface area contributed by atoms with Crippen molar-refractivity contribution >= 4 is 17.7 Å². The second-order valence-corrected chi connectivity index (χ2v) is 11.8. The second-order valence-electron chi connectivity index (χ2n) is 10.7. The highest BCUT2D eigenvalue weighted by Gasteiger charge is 2.21. The van der Waals surface area contributed by atoms with E-state index in [1.54, 1.807) is 23.9 Å². The first kappa shape index (κ1) is 30.3. The molecule has 4 rings (SSSR count). The van der Waals surface area contributed by atoms with Crippen molar-refractivity contribution in [3.8, 4) is 5.75 Å². The van der Waals surface area contributed by atoms with Gasteiger partial charge in [0.15, 0.2) is 0 Å². The number of hydrogen-bond acceptors (Lipinski definition) is 6. The quantitative estimate of drug-likeness (QED) is 0.142. The second kappa shape index (κ2) is 14.3. The van der Waals surface area contributed by atoms with E-state index in [0.717, 1.165) is 12.0 Å². The molecule has 5 N–H and O–H groups in total. The lowest BCUT2D eigenvalue weighted by molar-refractivity contribution is 0.0954. The average Bonchev–Trinajstić information content (AvgIpc) is 2.97. The van der Waals surface area contributed by atoms with Crippen molar-refractivity contribution in [2.45, 2.75) is 54.7 Å². The molecule has 7 heteroatoms. The summed E-state index contributed by atoms with van der Waals surface area (Å²) in [5, 5.41) is 36.3. The molecule has 0 bridgehead atoms. The first-order valence-electron chi connectivity index (χ1n) is 13.8. The molecule has 1 atom stereocenters. The Balaban J connectivity index is 1.30. The van der Waals surface area contributed by atoms with Gasteiger partial charge in [-0.3, -0.25) is 4.79 Å². The summed E-state index contributed by atoms with van der Waals surface area (Å²) in [4.78, 5) is 15.3. The Morgan fingerprint density at radius 1 is 0.902 bits per heavy atom. The van der Waals surface area contributed by atoms with Crippen LogP contribution >= 0.6 is 11.8 Å². The number of hydrogen-bond donors (Lipinski definition) is 5. The van der Waals surface area contributed by atoms with Crippen molar-refractivity contribution in [3.63, 3.8) is 0 Å². The van der Waals surface area contributed by atoms with E-state index in [0.29, 0.717) is 36.2 Å². The summed E-state index contributed by atoms with van der Waals surface area (Å²) in [6.45, 7) is 4.64. The number of benzene rings is 4. The number of β-amino-alcohol motifs (C(OH)–C–C–N with tert-alkyl or cyclic N) is 1. The van der Waals surface area contributed by atoms with Crippen molar-refractivity contribution in [2.24, 2.45) is 0 Å². The third kappa shape index (κ3) is 8.93. The maximum atomic E-state index is 13.0. The van der Waals surface area contributed by atoms with Crippen LogP contribution in [0.2, 0.25) is 0 Å². The Labute approximate surface area is 246 Å². The molecule has 41 heavy (non-hydrogen) atoms. The van der Waals surface area contributed by atoms with Crippen LogP contribution < -0.4 is 10.6 Å². The van der Waals surface area contributed by atoms with Gasteiger partial charge in [-0.15, -0.1) is 0 Å². The maximum Gasteiger partial charge on any atom is 0.251 e. The summed E-state index contributed by atoms with van der Waals surface area (Å²) < 4.78 is 0. The maximum absolute atomic E-state index is 13.0. The highest BCUT2D eigenvalue weighted by molar-refractivity contribution is 7.99. The standard InChI is InChI=1S/C34H38N2O4S/c1-34(2,36-22-31(39)26-15-16-30(38)28(20-26)23-37)21-24-9-8-11-27(19-24)33(40)35-18-17-25-10-6-7-14-32(25)41-29-12-4-3-5-13-29/h3-16,19-20,31,36-39H,17-18,21-23H2,1-2H3,(H,35,40)/t31-/m1/s1. The van der Waals surface area contributed by atoms with E-state index in [1.807, 2.05) is 68.4 Å². The van der Waals surface area contributed by atoms with Gasteiger partial charge in [0.05, 0.1) is 12.7 Å². The van der Waals surface area contributed by atoms with Gasteiger partial charge in [-0.2, -0.15) is 0 Å². The molecular weight excluding hydrogens is 532 g/mol. The van der Waals surface area contributed by atoms with Gasteiger partial charge in [0.1, 0.15) is 5.75 Å². The number of aliphatic hydroxyl groups excluding tert-OH is 2.